The number of hydrogen-bond donors (Lipinski definition) is 0. The quantitative estimate of drug-likeness (QED) is 0.676. The first-order chi connectivity index (χ1) is 6.66. The Labute approximate surface area is 82.0 Å². The fraction of sp³-hybridized carbons (Fsp3) is 0.182. The van der Waals surface area contributed by atoms with E-state index in [1.165, 1.54) is 6.07 Å². The predicted octanol–water partition coefficient (Wildman–Crippen LogP) is 2.63. The summed E-state index contributed by atoms with van der Waals surface area (Å²) in [6.45, 7) is 3.67. The van der Waals surface area contributed by atoms with Gasteiger partial charge in [0.1, 0.15) is 5.82 Å². The molecule has 0 saturated heterocycles. The van der Waals surface area contributed by atoms with Gasteiger partial charge in [0.25, 0.3) is 0 Å². The molecule has 14 heavy (non-hydrogen) atoms. The van der Waals surface area contributed by atoms with Crippen LogP contribution in [0.5, 0.6) is 0 Å². The highest BCUT2D eigenvalue weighted by molar-refractivity contribution is 5.35. The van der Waals surface area contributed by atoms with E-state index < -0.39 is 0 Å². The third-order valence-corrected chi connectivity index (χ3v) is 2.13. The van der Waals surface area contributed by atoms with Gasteiger partial charge in [0.2, 0.25) is 0 Å². The van der Waals surface area contributed by atoms with Crippen molar-refractivity contribution in [2.75, 3.05) is 0 Å². The van der Waals surface area contributed by atoms with Gasteiger partial charge < -0.3 is 0 Å². The summed E-state index contributed by atoms with van der Waals surface area (Å²) in [4.78, 5) is 0. The minimum atomic E-state index is -0.183. The Morgan fingerprint density at radius 2 is 2.00 bits per heavy atom. The third-order valence-electron chi connectivity index (χ3n) is 2.13. The van der Waals surface area contributed by atoms with Crippen molar-refractivity contribution >= 4 is 0 Å². The van der Waals surface area contributed by atoms with E-state index in [9.17, 15) is 4.39 Å². The first-order valence-corrected chi connectivity index (χ1v) is 4.45. The van der Waals surface area contributed by atoms with Crippen molar-refractivity contribution in [2.24, 2.45) is 0 Å². The van der Waals surface area contributed by atoms with E-state index in [-0.39, 0.29) is 5.82 Å². The van der Waals surface area contributed by atoms with Crippen LogP contribution in [-0.4, -0.2) is 9.78 Å². The topological polar surface area (TPSA) is 17.8 Å². The number of halogens is 1. The Morgan fingerprint density at radius 1 is 1.21 bits per heavy atom. The largest absolute Gasteiger partial charge is 0.241 e. The normalized spacial score (nSPS) is 10.5. The monoisotopic (exact) mass is 190 g/mol. The highest BCUT2D eigenvalue weighted by Gasteiger charge is 2.01. The molecule has 3 heteroatoms. The first kappa shape index (κ1) is 8.94. The van der Waals surface area contributed by atoms with Crippen molar-refractivity contribution in [1.29, 1.82) is 0 Å². The summed E-state index contributed by atoms with van der Waals surface area (Å²) in [5.41, 5.74) is 2.47. The van der Waals surface area contributed by atoms with E-state index >= 15 is 0 Å². The molecule has 0 atom stereocenters. The highest BCUT2D eigenvalue weighted by Crippen LogP contribution is 2.12. The fourth-order valence-corrected chi connectivity index (χ4v) is 1.33. The zero-order chi connectivity index (χ0) is 10.1. The van der Waals surface area contributed by atoms with E-state index in [4.69, 9.17) is 0 Å². The summed E-state index contributed by atoms with van der Waals surface area (Å²) in [7, 11) is 0. The van der Waals surface area contributed by atoms with Crippen molar-refractivity contribution in [2.45, 2.75) is 13.8 Å². The second-order valence-electron chi connectivity index (χ2n) is 3.34. The van der Waals surface area contributed by atoms with Crippen LogP contribution in [0.15, 0.2) is 30.5 Å². The van der Waals surface area contributed by atoms with E-state index in [2.05, 4.69) is 5.10 Å². The summed E-state index contributed by atoms with van der Waals surface area (Å²) in [6, 6.07) is 6.87. The molecule has 0 radical (unpaired) electrons. The third kappa shape index (κ3) is 1.53. The molecular formula is C11H11FN2. The molecule has 0 spiro atoms. The van der Waals surface area contributed by atoms with Gasteiger partial charge >= 0.3 is 0 Å². The molecule has 0 aliphatic rings. The lowest BCUT2D eigenvalue weighted by Crippen LogP contribution is -1.96. The summed E-state index contributed by atoms with van der Waals surface area (Å²) < 4.78 is 14.7. The Balaban J connectivity index is 2.47. The zero-order valence-corrected chi connectivity index (χ0v) is 8.16. The lowest BCUT2D eigenvalue weighted by atomic mass is 10.2. The molecule has 2 aromatic rings. The molecule has 2 rings (SSSR count). The number of benzene rings is 1. The summed E-state index contributed by atoms with van der Waals surface area (Å²) in [5, 5.41) is 4.25. The molecule has 0 fully saturated rings. The number of hydrogen-bond acceptors (Lipinski definition) is 1. The standard InChI is InChI=1S/C11H11FN2/c1-8-7-10(3-4-11(8)12)14-6-5-9(2)13-14/h3-7H,1-2H3. The van der Waals surface area contributed by atoms with Gasteiger partial charge in [-0.3, -0.25) is 0 Å². The van der Waals surface area contributed by atoms with Crippen LogP contribution in [0.2, 0.25) is 0 Å². The van der Waals surface area contributed by atoms with Gasteiger partial charge in [-0.05, 0) is 43.7 Å². The van der Waals surface area contributed by atoms with Crippen LogP contribution >= 0.6 is 0 Å². The number of aromatic nitrogens is 2. The average molecular weight is 190 g/mol. The van der Waals surface area contributed by atoms with Gasteiger partial charge in [0.05, 0.1) is 11.4 Å². The van der Waals surface area contributed by atoms with Crippen LogP contribution in [0.25, 0.3) is 5.69 Å². The predicted molar refractivity (Wildman–Crippen MR) is 53.0 cm³/mol. The Bertz CT molecular complexity index is 460. The molecule has 1 aromatic carbocycles. The number of nitrogens with zero attached hydrogens (tertiary/aromatic N) is 2. The van der Waals surface area contributed by atoms with Crippen molar-refractivity contribution in [1.82, 2.24) is 9.78 Å². The smallest absolute Gasteiger partial charge is 0.126 e. The molecule has 0 amide bonds. The van der Waals surface area contributed by atoms with Crippen molar-refractivity contribution in [3.05, 3.63) is 47.5 Å². The molecule has 0 aliphatic heterocycles. The van der Waals surface area contributed by atoms with E-state index in [0.717, 1.165) is 11.4 Å². The lowest BCUT2D eigenvalue weighted by molar-refractivity contribution is 0.617. The Kier molecular flexibility index (Phi) is 2.08. The second-order valence-corrected chi connectivity index (χ2v) is 3.34. The number of rotatable bonds is 1. The van der Waals surface area contributed by atoms with Crippen LogP contribution in [0.4, 0.5) is 4.39 Å². The first-order valence-electron chi connectivity index (χ1n) is 4.45. The van der Waals surface area contributed by atoms with E-state index in [1.54, 1.807) is 23.7 Å². The fourth-order valence-electron chi connectivity index (χ4n) is 1.33. The maximum absolute atomic E-state index is 13.0. The summed E-state index contributed by atoms with van der Waals surface area (Å²) >= 11 is 0. The minimum absolute atomic E-state index is 0.183. The molecule has 0 aliphatic carbocycles. The average Bonchev–Trinajstić information content (AvgIpc) is 2.57. The van der Waals surface area contributed by atoms with E-state index in [1.807, 2.05) is 19.2 Å². The maximum atomic E-state index is 13.0. The highest BCUT2D eigenvalue weighted by atomic mass is 19.1. The molecule has 0 unspecified atom stereocenters. The molecule has 1 aromatic heterocycles. The van der Waals surface area contributed by atoms with E-state index in [0.29, 0.717) is 5.56 Å². The Hall–Kier alpha value is -1.64. The van der Waals surface area contributed by atoms with Crippen molar-refractivity contribution in [3.8, 4) is 5.69 Å². The Morgan fingerprint density at radius 3 is 2.57 bits per heavy atom. The van der Waals surface area contributed by atoms with Crippen LogP contribution in [0, 0.1) is 19.7 Å². The zero-order valence-electron chi connectivity index (χ0n) is 8.16. The summed E-state index contributed by atoms with van der Waals surface area (Å²) in [5.74, 6) is -0.183. The molecule has 72 valence electrons. The van der Waals surface area contributed by atoms with Gasteiger partial charge in [-0.15, -0.1) is 0 Å². The van der Waals surface area contributed by atoms with Crippen LogP contribution in [0.1, 0.15) is 11.3 Å². The van der Waals surface area contributed by atoms with Crippen LogP contribution in [-0.2, 0) is 0 Å². The second kappa shape index (κ2) is 3.25. The lowest BCUT2D eigenvalue weighted by Gasteiger charge is -2.02. The molecular weight excluding hydrogens is 179 g/mol. The van der Waals surface area contributed by atoms with Gasteiger partial charge in [-0.2, -0.15) is 5.10 Å². The number of aryl methyl sites for hydroxylation is 2. The molecule has 1 heterocycles. The molecule has 2 nitrogen and oxygen atoms in total. The van der Waals surface area contributed by atoms with Crippen molar-refractivity contribution in [3.63, 3.8) is 0 Å². The van der Waals surface area contributed by atoms with Crippen LogP contribution < -0.4 is 0 Å². The SMILES string of the molecule is Cc1ccn(-c2ccc(F)c(C)c2)n1. The summed E-state index contributed by atoms with van der Waals surface area (Å²) in [6.07, 6.45) is 1.86. The van der Waals surface area contributed by atoms with Gasteiger partial charge in [0.15, 0.2) is 0 Å². The van der Waals surface area contributed by atoms with Gasteiger partial charge in [-0.25, -0.2) is 9.07 Å². The van der Waals surface area contributed by atoms with Gasteiger partial charge in [0, 0.05) is 6.20 Å². The maximum Gasteiger partial charge on any atom is 0.126 e. The molecule has 0 N–H and O–H groups in total. The van der Waals surface area contributed by atoms with Crippen molar-refractivity contribution < 1.29 is 4.39 Å². The molecule has 0 saturated carbocycles. The van der Waals surface area contributed by atoms with Crippen LogP contribution in [0.3, 0.4) is 0 Å². The van der Waals surface area contributed by atoms with Gasteiger partial charge in [-0.1, -0.05) is 0 Å². The minimum Gasteiger partial charge on any atom is -0.241 e. The molecule has 0 bridgehead atoms.